The quantitative estimate of drug-likeness (QED) is 0.331. The summed E-state index contributed by atoms with van der Waals surface area (Å²) in [5, 5.41) is 27.6. The van der Waals surface area contributed by atoms with Crippen LogP contribution in [0.2, 0.25) is 0 Å². The summed E-state index contributed by atoms with van der Waals surface area (Å²) in [6.07, 6.45) is 0. The summed E-state index contributed by atoms with van der Waals surface area (Å²) >= 11 is 4.33. The topological polar surface area (TPSA) is 140 Å². The van der Waals surface area contributed by atoms with Gasteiger partial charge < -0.3 is 5.11 Å². The second-order valence-electron chi connectivity index (χ2n) is 5.99. The highest BCUT2D eigenvalue weighted by atomic mass is 79.9. The van der Waals surface area contributed by atoms with E-state index >= 15 is 0 Å². The molecule has 0 radical (unpaired) electrons. The minimum atomic E-state index is -0.785. The number of rotatable bonds is 4. The van der Waals surface area contributed by atoms with Crippen LogP contribution in [0.3, 0.4) is 0 Å². The van der Waals surface area contributed by atoms with E-state index in [0.717, 1.165) is 26.6 Å². The molecule has 0 spiro atoms. The number of hydrogen-bond acceptors (Lipinski definition) is 8. The zero-order valence-corrected chi connectivity index (χ0v) is 17.2. The molecule has 0 saturated carbocycles. The fourth-order valence-corrected chi connectivity index (χ4v) is 3.77. The van der Waals surface area contributed by atoms with Crippen LogP contribution in [0, 0.1) is 10.1 Å². The molecule has 1 amide bonds. The van der Waals surface area contributed by atoms with Crippen molar-refractivity contribution in [1.82, 2.24) is 14.8 Å². The number of nitrogens with one attached hydrogen (secondary N) is 1. The van der Waals surface area contributed by atoms with Gasteiger partial charge in [-0.3, -0.25) is 25.0 Å². The number of nitro groups is 1. The Morgan fingerprint density at radius 2 is 1.93 bits per heavy atom. The van der Waals surface area contributed by atoms with Gasteiger partial charge in [-0.1, -0.05) is 27.3 Å². The van der Waals surface area contributed by atoms with Crippen molar-refractivity contribution in [3.05, 3.63) is 79.2 Å². The number of hydrogen-bond donors (Lipinski definition) is 2. The van der Waals surface area contributed by atoms with E-state index in [4.69, 9.17) is 0 Å². The van der Waals surface area contributed by atoms with Crippen molar-refractivity contribution in [2.75, 3.05) is 5.32 Å². The highest BCUT2D eigenvalue weighted by Crippen LogP contribution is 2.29. The van der Waals surface area contributed by atoms with Crippen molar-refractivity contribution >= 4 is 54.2 Å². The summed E-state index contributed by atoms with van der Waals surface area (Å²) in [7, 11) is 0. The highest BCUT2D eigenvalue weighted by molar-refractivity contribution is 9.10. The van der Waals surface area contributed by atoms with Crippen LogP contribution in [0.15, 0.2) is 57.8 Å². The van der Waals surface area contributed by atoms with Gasteiger partial charge in [-0.05, 0) is 30.3 Å². The summed E-state index contributed by atoms with van der Waals surface area (Å²) in [6, 6.07) is 11.7. The number of aromatic hydroxyl groups is 1. The fraction of sp³-hybridized carbons (Fsp3) is 0. The maximum Gasteiger partial charge on any atom is 0.281 e. The Balaban J connectivity index is 1.67. The van der Waals surface area contributed by atoms with E-state index in [0.29, 0.717) is 15.9 Å². The molecular weight excluding hydrogens is 478 g/mol. The number of fused-ring (bicyclic) bond motifs is 1. The van der Waals surface area contributed by atoms with Crippen molar-refractivity contribution in [2.24, 2.45) is 0 Å². The van der Waals surface area contributed by atoms with E-state index in [-0.39, 0.29) is 16.5 Å². The van der Waals surface area contributed by atoms with Crippen LogP contribution in [0.5, 0.6) is 5.75 Å². The Morgan fingerprint density at radius 3 is 2.63 bits per heavy atom. The van der Waals surface area contributed by atoms with Gasteiger partial charge in [-0.15, -0.1) is 0 Å². The third kappa shape index (κ3) is 3.77. The van der Waals surface area contributed by atoms with E-state index in [1.165, 1.54) is 18.2 Å². The second kappa shape index (κ2) is 7.65. The van der Waals surface area contributed by atoms with E-state index in [1.807, 2.05) is 0 Å². The number of nitrogens with zero attached hydrogens (tertiary/aromatic N) is 4. The number of amides is 1. The van der Waals surface area contributed by atoms with Crippen LogP contribution in [-0.2, 0) is 0 Å². The molecule has 0 aliphatic carbocycles. The first-order chi connectivity index (χ1) is 14.3. The largest absolute Gasteiger partial charge is 0.505 e. The van der Waals surface area contributed by atoms with Gasteiger partial charge in [0, 0.05) is 22.7 Å². The summed E-state index contributed by atoms with van der Waals surface area (Å²) in [6.45, 7) is 0. The molecule has 4 rings (SSSR count). The van der Waals surface area contributed by atoms with Crippen molar-refractivity contribution in [3.63, 3.8) is 0 Å². The molecule has 2 aromatic heterocycles. The number of aromatic nitrogens is 3. The van der Waals surface area contributed by atoms with Crippen molar-refractivity contribution in [2.45, 2.75) is 0 Å². The lowest BCUT2D eigenvalue weighted by atomic mass is 10.3. The lowest BCUT2D eigenvalue weighted by Gasteiger charge is -2.08. The molecule has 0 aliphatic heterocycles. The van der Waals surface area contributed by atoms with Gasteiger partial charge in [0.05, 0.1) is 20.8 Å². The molecule has 12 heteroatoms. The molecule has 0 atom stereocenters. The van der Waals surface area contributed by atoms with Crippen LogP contribution in [0.4, 0.5) is 10.8 Å². The third-order valence-corrected chi connectivity index (χ3v) is 5.46. The molecular formula is C18H10BrN5O5S. The van der Waals surface area contributed by atoms with Gasteiger partial charge in [0.2, 0.25) is 0 Å². The first-order valence-corrected chi connectivity index (χ1v) is 9.88. The van der Waals surface area contributed by atoms with Crippen molar-refractivity contribution < 1.29 is 14.8 Å². The summed E-state index contributed by atoms with van der Waals surface area (Å²) < 4.78 is 2.30. The number of nitro benzene ring substituents is 1. The Bertz CT molecular complexity index is 1370. The van der Waals surface area contributed by atoms with Gasteiger partial charge in [0.25, 0.3) is 17.2 Å². The minimum absolute atomic E-state index is 0.0927. The number of anilines is 1. The highest BCUT2D eigenvalue weighted by Gasteiger charge is 2.19. The van der Waals surface area contributed by atoms with Crippen LogP contribution < -0.4 is 10.9 Å². The second-order valence-corrected chi connectivity index (χ2v) is 7.93. The van der Waals surface area contributed by atoms with Crippen molar-refractivity contribution in [3.8, 4) is 11.4 Å². The zero-order chi connectivity index (χ0) is 21.4. The number of benzene rings is 2. The molecule has 10 nitrogen and oxygen atoms in total. The van der Waals surface area contributed by atoms with Gasteiger partial charge >= 0.3 is 0 Å². The van der Waals surface area contributed by atoms with E-state index < -0.39 is 22.1 Å². The van der Waals surface area contributed by atoms with Gasteiger partial charge in [0.15, 0.2) is 16.6 Å². The summed E-state index contributed by atoms with van der Waals surface area (Å²) in [5.41, 5.74) is -0.200. The fourth-order valence-electron chi connectivity index (χ4n) is 2.61. The first-order valence-electron chi connectivity index (χ1n) is 8.27. The standard InChI is InChI=1S/C18H10BrN5O5S/c19-9-1-3-10(4-2-9)23-15(26)8-13(25)16(22-23)17(27)21-18-20-12-6-5-11(24(28)29)7-14(12)30-18/h1-8,25H,(H,20,21,27). The Hall–Kier alpha value is -3.64. The lowest BCUT2D eigenvalue weighted by molar-refractivity contribution is -0.384. The predicted molar refractivity (Wildman–Crippen MR) is 113 cm³/mol. The van der Waals surface area contributed by atoms with Gasteiger partial charge in [-0.25, -0.2) is 4.98 Å². The van der Waals surface area contributed by atoms with Crippen LogP contribution in [0.25, 0.3) is 15.9 Å². The molecule has 0 aliphatic rings. The van der Waals surface area contributed by atoms with Crippen LogP contribution in [-0.4, -0.2) is 30.7 Å². The van der Waals surface area contributed by atoms with E-state index in [1.54, 1.807) is 24.3 Å². The molecule has 0 unspecified atom stereocenters. The average molecular weight is 488 g/mol. The van der Waals surface area contributed by atoms with Gasteiger partial charge in [0.1, 0.15) is 0 Å². The van der Waals surface area contributed by atoms with E-state index in [9.17, 15) is 24.8 Å². The lowest BCUT2D eigenvalue weighted by Crippen LogP contribution is -2.25. The van der Waals surface area contributed by atoms with E-state index in [2.05, 4.69) is 31.3 Å². The molecule has 4 aromatic rings. The molecule has 0 bridgehead atoms. The Kier molecular flexibility index (Phi) is 5.01. The van der Waals surface area contributed by atoms with Crippen molar-refractivity contribution in [1.29, 1.82) is 0 Å². The first kappa shape index (κ1) is 19.7. The number of thiazole rings is 1. The average Bonchev–Trinajstić information content (AvgIpc) is 3.10. The van der Waals surface area contributed by atoms with Crippen LogP contribution in [0.1, 0.15) is 10.5 Å². The normalized spacial score (nSPS) is 10.8. The smallest absolute Gasteiger partial charge is 0.281 e. The van der Waals surface area contributed by atoms with Crippen LogP contribution >= 0.6 is 27.3 Å². The SMILES string of the molecule is O=C(Nc1nc2ccc([N+](=O)[O-])cc2s1)c1nn(-c2ccc(Br)cc2)c(=O)cc1O. The maximum atomic E-state index is 12.6. The molecule has 2 aromatic carbocycles. The van der Waals surface area contributed by atoms with Gasteiger partial charge in [-0.2, -0.15) is 9.78 Å². The number of carbonyl (C=O) groups is 1. The monoisotopic (exact) mass is 487 g/mol. The Morgan fingerprint density at radius 1 is 1.20 bits per heavy atom. The minimum Gasteiger partial charge on any atom is -0.505 e. The predicted octanol–water partition coefficient (Wildman–Crippen LogP) is 3.47. The maximum absolute atomic E-state index is 12.6. The summed E-state index contributed by atoms with van der Waals surface area (Å²) in [5.74, 6) is -1.37. The number of non-ortho nitro benzene ring substituents is 1. The molecule has 2 N–H and O–H groups in total. The number of halogens is 1. The summed E-state index contributed by atoms with van der Waals surface area (Å²) in [4.78, 5) is 39.4. The molecule has 150 valence electrons. The Labute approximate surface area is 179 Å². The molecule has 0 fully saturated rings. The molecule has 30 heavy (non-hydrogen) atoms. The number of carbonyl (C=O) groups excluding carboxylic acids is 1. The molecule has 2 heterocycles. The zero-order valence-electron chi connectivity index (χ0n) is 14.8. The third-order valence-electron chi connectivity index (χ3n) is 4.00. The molecule has 0 saturated heterocycles.